The molecule has 1 aliphatic heterocycles. The minimum absolute atomic E-state index is 0.0325. The van der Waals surface area contributed by atoms with Crippen molar-refractivity contribution in [1.29, 1.82) is 0 Å². The smallest absolute Gasteiger partial charge is 0.238 e. The van der Waals surface area contributed by atoms with Crippen molar-refractivity contribution in [1.82, 2.24) is 15.1 Å². The molecule has 0 aliphatic carbocycles. The lowest BCUT2D eigenvalue weighted by Crippen LogP contribution is -2.60. The van der Waals surface area contributed by atoms with E-state index in [-0.39, 0.29) is 11.9 Å². The lowest BCUT2D eigenvalue weighted by Gasteiger charge is -2.42. The second kappa shape index (κ2) is 10.4. The first kappa shape index (κ1) is 19.7. The molecule has 4 heteroatoms. The molecule has 1 unspecified atom stereocenters. The van der Waals surface area contributed by atoms with Crippen LogP contribution in [0.2, 0.25) is 0 Å². The Balaban J connectivity index is 0.00000127. The molecule has 1 atom stereocenters. The van der Waals surface area contributed by atoms with Crippen LogP contribution in [0.25, 0.3) is 0 Å². The van der Waals surface area contributed by atoms with Crippen LogP contribution in [-0.2, 0) is 11.2 Å². The molecule has 1 fully saturated rings. The van der Waals surface area contributed by atoms with Crippen molar-refractivity contribution in [2.75, 3.05) is 33.2 Å². The average Bonchev–Trinajstić information content (AvgIpc) is 2.61. The number of likely N-dealkylation sites (N-methyl/N-ethyl adjacent to an activating group) is 1. The summed E-state index contributed by atoms with van der Waals surface area (Å²) in [6, 6.07) is 10.9. The maximum atomic E-state index is 12.2. The van der Waals surface area contributed by atoms with Gasteiger partial charge in [0.05, 0.1) is 0 Å². The Kier molecular flexibility index (Phi) is 8.89. The molecule has 2 rings (SSSR count). The fourth-order valence-corrected chi connectivity index (χ4v) is 2.91. The molecule has 0 aromatic heterocycles. The first-order valence-electron chi connectivity index (χ1n) is 8.85. The monoisotopic (exact) mass is 319 g/mol. The van der Waals surface area contributed by atoms with Crippen molar-refractivity contribution >= 4 is 5.91 Å². The Morgan fingerprint density at radius 1 is 1.22 bits per heavy atom. The SMILES string of the molecule is CC.CNC(=O)C1CN(C(C)C)CCN1CCc1ccccc1. The third-order valence-electron chi connectivity index (χ3n) is 4.33. The topological polar surface area (TPSA) is 35.6 Å². The highest BCUT2D eigenvalue weighted by Gasteiger charge is 2.32. The second-order valence-electron chi connectivity index (χ2n) is 5.99. The summed E-state index contributed by atoms with van der Waals surface area (Å²) in [5.41, 5.74) is 1.33. The lowest BCUT2D eigenvalue weighted by atomic mass is 10.1. The van der Waals surface area contributed by atoms with E-state index < -0.39 is 0 Å². The van der Waals surface area contributed by atoms with E-state index in [9.17, 15) is 4.79 Å². The molecule has 1 heterocycles. The van der Waals surface area contributed by atoms with Crippen molar-refractivity contribution < 1.29 is 4.79 Å². The Hall–Kier alpha value is -1.39. The summed E-state index contributed by atoms with van der Waals surface area (Å²) < 4.78 is 0. The highest BCUT2D eigenvalue weighted by molar-refractivity contribution is 5.81. The Morgan fingerprint density at radius 3 is 2.43 bits per heavy atom. The summed E-state index contributed by atoms with van der Waals surface area (Å²) >= 11 is 0. The number of piperazine rings is 1. The number of hydrogen-bond donors (Lipinski definition) is 1. The van der Waals surface area contributed by atoms with Gasteiger partial charge in [-0.15, -0.1) is 0 Å². The van der Waals surface area contributed by atoms with Crippen LogP contribution in [-0.4, -0.2) is 61.0 Å². The number of carbonyl (C=O) groups is 1. The molecule has 23 heavy (non-hydrogen) atoms. The van der Waals surface area contributed by atoms with E-state index in [1.807, 2.05) is 19.9 Å². The molecule has 0 saturated carbocycles. The second-order valence-corrected chi connectivity index (χ2v) is 5.99. The third-order valence-corrected chi connectivity index (χ3v) is 4.33. The van der Waals surface area contributed by atoms with Gasteiger partial charge in [-0.2, -0.15) is 0 Å². The number of nitrogens with one attached hydrogen (secondary N) is 1. The lowest BCUT2D eigenvalue weighted by molar-refractivity contribution is -0.128. The molecule has 1 aromatic carbocycles. The van der Waals surface area contributed by atoms with E-state index in [2.05, 4.69) is 53.2 Å². The van der Waals surface area contributed by atoms with Gasteiger partial charge in [-0.05, 0) is 25.8 Å². The van der Waals surface area contributed by atoms with Crippen molar-refractivity contribution in [2.45, 2.75) is 46.2 Å². The molecule has 1 aliphatic rings. The molecule has 1 saturated heterocycles. The zero-order chi connectivity index (χ0) is 17.2. The quantitative estimate of drug-likeness (QED) is 0.905. The minimum atomic E-state index is -0.0325. The number of hydrogen-bond acceptors (Lipinski definition) is 3. The fraction of sp³-hybridized carbons (Fsp3) is 0.632. The predicted octanol–water partition coefficient (Wildman–Crippen LogP) is 2.40. The van der Waals surface area contributed by atoms with Crippen molar-refractivity contribution in [3.05, 3.63) is 35.9 Å². The van der Waals surface area contributed by atoms with E-state index in [1.54, 1.807) is 7.05 Å². The number of rotatable bonds is 5. The highest BCUT2D eigenvalue weighted by Crippen LogP contribution is 2.14. The van der Waals surface area contributed by atoms with Gasteiger partial charge in [-0.3, -0.25) is 14.6 Å². The van der Waals surface area contributed by atoms with Crippen molar-refractivity contribution in [3.63, 3.8) is 0 Å². The van der Waals surface area contributed by atoms with E-state index in [0.717, 1.165) is 32.6 Å². The number of benzene rings is 1. The molecule has 130 valence electrons. The van der Waals surface area contributed by atoms with Gasteiger partial charge in [-0.25, -0.2) is 0 Å². The summed E-state index contributed by atoms with van der Waals surface area (Å²) in [6.45, 7) is 12.2. The predicted molar refractivity (Wildman–Crippen MR) is 97.6 cm³/mol. The van der Waals surface area contributed by atoms with Crippen molar-refractivity contribution in [2.24, 2.45) is 0 Å². The Bertz CT molecular complexity index is 447. The molecule has 0 radical (unpaired) electrons. The normalized spacial score (nSPS) is 19.1. The van der Waals surface area contributed by atoms with Gasteiger partial charge < -0.3 is 5.32 Å². The van der Waals surface area contributed by atoms with Crippen LogP contribution in [0, 0.1) is 0 Å². The van der Waals surface area contributed by atoms with E-state index in [4.69, 9.17) is 0 Å². The van der Waals surface area contributed by atoms with Gasteiger partial charge in [0.15, 0.2) is 0 Å². The van der Waals surface area contributed by atoms with Gasteiger partial charge in [0.1, 0.15) is 6.04 Å². The average molecular weight is 319 g/mol. The maximum Gasteiger partial charge on any atom is 0.238 e. The maximum absolute atomic E-state index is 12.2. The van der Waals surface area contributed by atoms with Crippen LogP contribution in [0.15, 0.2) is 30.3 Å². The number of amides is 1. The number of nitrogens with zero attached hydrogens (tertiary/aromatic N) is 2. The van der Waals surface area contributed by atoms with Gasteiger partial charge in [0, 0.05) is 39.3 Å². The van der Waals surface area contributed by atoms with Gasteiger partial charge in [0.2, 0.25) is 5.91 Å². The van der Waals surface area contributed by atoms with Crippen LogP contribution in [0.3, 0.4) is 0 Å². The van der Waals surface area contributed by atoms with Gasteiger partial charge >= 0.3 is 0 Å². The standard InChI is InChI=1S/C17H27N3O.C2H6/c1-14(2)20-12-11-19(16(13-20)17(21)18-3)10-9-15-7-5-4-6-8-15;1-2/h4-8,14,16H,9-13H2,1-3H3,(H,18,21);1-2H3. The Morgan fingerprint density at radius 2 is 1.87 bits per heavy atom. The van der Waals surface area contributed by atoms with Gasteiger partial charge in [0.25, 0.3) is 0 Å². The zero-order valence-corrected chi connectivity index (χ0v) is 15.4. The van der Waals surface area contributed by atoms with Crippen molar-refractivity contribution in [3.8, 4) is 0 Å². The number of carbonyl (C=O) groups excluding carboxylic acids is 1. The first-order chi connectivity index (χ1) is 11.1. The molecule has 0 bridgehead atoms. The summed E-state index contributed by atoms with van der Waals surface area (Å²) in [7, 11) is 1.73. The van der Waals surface area contributed by atoms with Gasteiger partial charge in [-0.1, -0.05) is 44.2 Å². The molecule has 0 spiro atoms. The third kappa shape index (κ3) is 5.96. The van der Waals surface area contributed by atoms with Crippen LogP contribution in [0.5, 0.6) is 0 Å². The molecular weight excluding hydrogens is 286 g/mol. The highest BCUT2D eigenvalue weighted by atomic mass is 16.2. The summed E-state index contributed by atoms with van der Waals surface area (Å²) in [5, 5.41) is 2.82. The molecule has 1 amide bonds. The van der Waals surface area contributed by atoms with Crippen LogP contribution in [0.1, 0.15) is 33.3 Å². The molecule has 1 aromatic rings. The van der Waals surface area contributed by atoms with Crippen LogP contribution >= 0.6 is 0 Å². The molecular formula is C19H33N3O. The summed E-state index contributed by atoms with van der Waals surface area (Å²) in [5.74, 6) is 0.133. The fourth-order valence-electron chi connectivity index (χ4n) is 2.91. The summed E-state index contributed by atoms with van der Waals surface area (Å²) in [6.07, 6.45) is 0.996. The first-order valence-corrected chi connectivity index (χ1v) is 8.85. The van der Waals surface area contributed by atoms with E-state index in [1.165, 1.54) is 5.56 Å². The molecule has 1 N–H and O–H groups in total. The minimum Gasteiger partial charge on any atom is -0.358 e. The van der Waals surface area contributed by atoms with Crippen LogP contribution in [0.4, 0.5) is 0 Å². The van der Waals surface area contributed by atoms with E-state index in [0.29, 0.717) is 6.04 Å². The largest absolute Gasteiger partial charge is 0.358 e. The summed E-state index contributed by atoms with van der Waals surface area (Å²) in [4.78, 5) is 16.9. The molecule has 4 nitrogen and oxygen atoms in total. The zero-order valence-electron chi connectivity index (χ0n) is 15.4. The Labute approximate surface area is 141 Å². The van der Waals surface area contributed by atoms with Crippen LogP contribution < -0.4 is 5.32 Å². The van der Waals surface area contributed by atoms with E-state index >= 15 is 0 Å².